The van der Waals surface area contributed by atoms with Gasteiger partial charge in [-0.15, -0.1) is 13.2 Å². The van der Waals surface area contributed by atoms with Crippen LogP contribution in [0.25, 0.3) is 0 Å². The molecule has 1 aromatic heterocycles. The molecule has 1 unspecified atom stereocenters. The Hall–Kier alpha value is -2.42. The number of alkyl halides is 3. The van der Waals surface area contributed by atoms with Crippen LogP contribution in [0.5, 0.6) is 11.8 Å². The molecule has 3 rings (SSSR count). The standard InChI is InChI=1S/C14H15F3N4O2/c15-14(16,17)23-11-3-1-9(2-4-11)5-19-10-6-21-7-12(18)20-13(21)22-8-10/h1-4,7,10,19H,5-6,8,18H2. The van der Waals surface area contributed by atoms with Crippen LogP contribution in [-0.2, 0) is 13.1 Å². The highest BCUT2D eigenvalue weighted by molar-refractivity contribution is 5.29. The molecule has 1 aliphatic heterocycles. The van der Waals surface area contributed by atoms with E-state index in [1.165, 1.54) is 12.1 Å². The molecule has 0 aliphatic carbocycles. The third-order valence-corrected chi connectivity index (χ3v) is 3.34. The second-order valence-electron chi connectivity index (χ2n) is 5.18. The van der Waals surface area contributed by atoms with Gasteiger partial charge in [0.15, 0.2) is 0 Å². The van der Waals surface area contributed by atoms with Crippen LogP contribution in [-0.4, -0.2) is 28.6 Å². The molecule has 0 amide bonds. The molecule has 23 heavy (non-hydrogen) atoms. The molecule has 0 radical (unpaired) electrons. The maximum absolute atomic E-state index is 12.1. The van der Waals surface area contributed by atoms with Crippen LogP contribution >= 0.6 is 0 Å². The fourth-order valence-electron chi connectivity index (χ4n) is 2.32. The number of imidazole rings is 1. The fourth-order valence-corrected chi connectivity index (χ4v) is 2.32. The number of anilines is 1. The Kier molecular flexibility index (Phi) is 4.03. The van der Waals surface area contributed by atoms with Crippen LogP contribution in [0.2, 0.25) is 0 Å². The Morgan fingerprint density at radius 1 is 1.35 bits per heavy atom. The van der Waals surface area contributed by atoms with Crippen molar-refractivity contribution in [3.63, 3.8) is 0 Å². The first-order valence-electron chi connectivity index (χ1n) is 6.92. The van der Waals surface area contributed by atoms with E-state index in [0.29, 0.717) is 31.5 Å². The number of nitrogens with one attached hydrogen (secondary N) is 1. The van der Waals surface area contributed by atoms with Crippen LogP contribution in [0.1, 0.15) is 5.56 Å². The van der Waals surface area contributed by atoms with E-state index in [2.05, 4.69) is 15.0 Å². The van der Waals surface area contributed by atoms with Gasteiger partial charge in [-0.2, -0.15) is 4.98 Å². The lowest BCUT2D eigenvalue weighted by Gasteiger charge is -2.24. The van der Waals surface area contributed by atoms with E-state index in [1.54, 1.807) is 18.3 Å². The average molecular weight is 328 g/mol. The molecule has 0 fully saturated rings. The number of hydrogen-bond acceptors (Lipinski definition) is 5. The van der Waals surface area contributed by atoms with E-state index in [1.807, 2.05) is 4.57 Å². The van der Waals surface area contributed by atoms with Crippen molar-refractivity contribution in [2.24, 2.45) is 0 Å². The number of ether oxygens (including phenoxy) is 2. The molecule has 124 valence electrons. The summed E-state index contributed by atoms with van der Waals surface area (Å²) in [6.45, 7) is 1.61. The zero-order valence-electron chi connectivity index (χ0n) is 12.0. The molecule has 2 heterocycles. The molecular weight excluding hydrogens is 313 g/mol. The Morgan fingerprint density at radius 3 is 2.78 bits per heavy atom. The molecular formula is C14H15F3N4O2. The van der Waals surface area contributed by atoms with Gasteiger partial charge in [-0.25, -0.2) is 0 Å². The number of aromatic nitrogens is 2. The highest BCUT2D eigenvalue weighted by Crippen LogP contribution is 2.23. The molecule has 2 aromatic rings. The van der Waals surface area contributed by atoms with Crippen molar-refractivity contribution in [3.8, 4) is 11.8 Å². The third kappa shape index (κ3) is 4.07. The number of fused-ring (bicyclic) bond motifs is 1. The molecule has 3 N–H and O–H groups in total. The fraction of sp³-hybridized carbons (Fsp3) is 0.357. The van der Waals surface area contributed by atoms with E-state index in [-0.39, 0.29) is 11.8 Å². The minimum absolute atomic E-state index is 0.0576. The summed E-state index contributed by atoms with van der Waals surface area (Å²) >= 11 is 0. The maximum Gasteiger partial charge on any atom is 0.573 e. The lowest BCUT2D eigenvalue weighted by Crippen LogP contribution is -2.41. The molecule has 0 saturated carbocycles. The number of nitrogens with two attached hydrogens (primary N) is 1. The number of nitrogen functional groups attached to an aromatic ring is 1. The molecule has 1 aromatic carbocycles. The van der Waals surface area contributed by atoms with Crippen molar-refractivity contribution in [1.82, 2.24) is 14.9 Å². The van der Waals surface area contributed by atoms with Gasteiger partial charge in [-0.1, -0.05) is 12.1 Å². The highest BCUT2D eigenvalue weighted by atomic mass is 19.4. The Labute approximate surface area is 130 Å². The van der Waals surface area contributed by atoms with E-state index in [9.17, 15) is 13.2 Å². The summed E-state index contributed by atoms with van der Waals surface area (Å²) in [5.41, 5.74) is 6.45. The predicted octanol–water partition coefficient (Wildman–Crippen LogP) is 1.91. The van der Waals surface area contributed by atoms with Crippen molar-refractivity contribution in [2.45, 2.75) is 25.5 Å². The molecule has 1 aliphatic rings. The minimum Gasteiger partial charge on any atom is -0.463 e. The van der Waals surface area contributed by atoms with E-state index < -0.39 is 6.36 Å². The van der Waals surface area contributed by atoms with Gasteiger partial charge in [-0.05, 0) is 17.7 Å². The van der Waals surface area contributed by atoms with Gasteiger partial charge in [0.25, 0.3) is 6.01 Å². The zero-order chi connectivity index (χ0) is 16.4. The summed E-state index contributed by atoms with van der Waals surface area (Å²) in [6, 6.07) is 6.29. The van der Waals surface area contributed by atoms with Gasteiger partial charge in [0.1, 0.15) is 18.2 Å². The van der Waals surface area contributed by atoms with Crippen LogP contribution in [0.4, 0.5) is 19.0 Å². The van der Waals surface area contributed by atoms with Crippen molar-refractivity contribution >= 4 is 5.82 Å². The van der Waals surface area contributed by atoms with Crippen LogP contribution in [0.15, 0.2) is 30.5 Å². The molecule has 0 spiro atoms. The molecule has 0 bridgehead atoms. The molecule has 6 nitrogen and oxygen atoms in total. The summed E-state index contributed by atoms with van der Waals surface area (Å²) in [6.07, 6.45) is -2.98. The molecule has 0 saturated heterocycles. The summed E-state index contributed by atoms with van der Waals surface area (Å²) in [4.78, 5) is 4.03. The number of hydrogen-bond donors (Lipinski definition) is 2. The lowest BCUT2D eigenvalue weighted by atomic mass is 10.2. The summed E-state index contributed by atoms with van der Waals surface area (Å²) in [5.74, 6) is 0.168. The number of rotatable bonds is 4. The summed E-state index contributed by atoms with van der Waals surface area (Å²) < 4.78 is 47.4. The van der Waals surface area contributed by atoms with Crippen molar-refractivity contribution in [1.29, 1.82) is 0 Å². The molecule has 1 atom stereocenters. The topological polar surface area (TPSA) is 74.3 Å². The van der Waals surface area contributed by atoms with Crippen molar-refractivity contribution < 1.29 is 22.6 Å². The van der Waals surface area contributed by atoms with E-state index in [4.69, 9.17) is 10.5 Å². The van der Waals surface area contributed by atoms with Crippen LogP contribution < -0.4 is 20.5 Å². The zero-order valence-corrected chi connectivity index (χ0v) is 12.0. The largest absolute Gasteiger partial charge is 0.573 e. The second-order valence-corrected chi connectivity index (χ2v) is 5.18. The monoisotopic (exact) mass is 328 g/mol. The first-order valence-corrected chi connectivity index (χ1v) is 6.92. The Balaban J connectivity index is 1.53. The van der Waals surface area contributed by atoms with Gasteiger partial charge in [0.2, 0.25) is 0 Å². The van der Waals surface area contributed by atoms with Crippen LogP contribution in [0.3, 0.4) is 0 Å². The van der Waals surface area contributed by atoms with Gasteiger partial charge in [0, 0.05) is 13.1 Å². The Morgan fingerprint density at radius 2 is 2.09 bits per heavy atom. The summed E-state index contributed by atoms with van der Waals surface area (Å²) in [5, 5.41) is 3.28. The average Bonchev–Trinajstić information content (AvgIpc) is 2.84. The Bertz CT molecular complexity index is 670. The number of nitrogens with zero attached hydrogens (tertiary/aromatic N) is 2. The third-order valence-electron chi connectivity index (χ3n) is 3.34. The SMILES string of the molecule is Nc1cn2c(n1)OCC(NCc1ccc(OC(F)(F)F)cc1)C2. The van der Waals surface area contributed by atoms with Gasteiger partial charge in [0.05, 0.1) is 12.2 Å². The van der Waals surface area contributed by atoms with Gasteiger partial charge < -0.3 is 20.5 Å². The number of benzene rings is 1. The van der Waals surface area contributed by atoms with E-state index in [0.717, 1.165) is 5.56 Å². The summed E-state index contributed by atoms with van der Waals surface area (Å²) in [7, 11) is 0. The van der Waals surface area contributed by atoms with Crippen LogP contribution in [0, 0.1) is 0 Å². The normalized spacial score (nSPS) is 17.4. The molecule has 9 heteroatoms. The number of halogens is 3. The van der Waals surface area contributed by atoms with Gasteiger partial charge >= 0.3 is 6.36 Å². The highest BCUT2D eigenvalue weighted by Gasteiger charge is 2.31. The smallest absolute Gasteiger partial charge is 0.463 e. The lowest BCUT2D eigenvalue weighted by molar-refractivity contribution is -0.274. The first-order chi connectivity index (χ1) is 10.9. The second kappa shape index (κ2) is 5.99. The van der Waals surface area contributed by atoms with Gasteiger partial charge in [-0.3, -0.25) is 4.57 Å². The quantitative estimate of drug-likeness (QED) is 0.897. The maximum atomic E-state index is 12.1. The van der Waals surface area contributed by atoms with Crippen molar-refractivity contribution in [2.75, 3.05) is 12.3 Å². The first kappa shape index (κ1) is 15.5. The predicted molar refractivity (Wildman–Crippen MR) is 75.9 cm³/mol. The minimum atomic E-state index is -4.68. The van der Waals surface area contributed by atoms with Crippen molar-refractivity contribution in [3.05, 3.63) is 36.0 Å². The van der Waals surface area contributed by atoms with E-state index >= 15 is 0 Å².